The molecule has 7 heteroatoms. The number of rotatable bonds is 5. The van der Waals surface area contributed by atoms with Crippen molar-refractivity contribution in [3.8, 4) is 0 Å². The Morgan fingerprint density at radius 3 is 2.06 bits per heavy atom. The number of benzene rings is 3. The zero-order valence-electron chi connectivity index (χ0n) is 20.7. The second-order valence-electron chi connectivity index (χ2n) is 9.41. The molecule has 36 heavy (non-hydrogen) atoms. The van der Waals surface area contributed by atoms with E-state index in [1.54, 1.807) is 11.0 Å². The van der Waals surface area contributed by atoms with Gasteiger partial charge in [-0.15, -0.1) is 0 Å². The van der Waals surface area contributed by atoms with Gasteiger partial charge in [0.05, 0.1) is 17.6 Å². The average Bonchev–Trinajstić information content (AvgIpc) is 2.91. The van der Waals surface area contributed by atoms with Crippen LogP contribution in [0.2, 0.25) is 0 Å². The fraction of sp³-hybridized carbons (Fsp3) is 0.276. The topological polar surface area (TPSA) is 67.5 Å². The molecule has 1 amide bonds. The summed E-state index contributed by atoms with van der Waals surface area (Å²) in [6, 6.07) is 23.3. The number of para-hydroxylation sites is 2. The van der Waals surface area contributed by atoms with Gasteiger partial charge in [0, 0.05) is 31.9 Å². The Bertz CT molecular complexity index is 1530. The molecular formula is C29H30N4O3. The summed E-state index contributed by atoms with van der Waals surface area (Å²) in [6.45, 7) is 6.93. The van der Waals surface area contributed by atoms with Crippen LogP contribution < -0.4 is 16.0 Å². The van der Waals surface area contributed by atoms with Crippen LogP contribution in [0.25, 0.3) is 11.0 Å². The SMILES string of the molecule is Cc1ccc(C)c(N2CCN(C(=O)Cn3c(=O)c(=O)n(Cc4ccccc4)c4ccccc43)CC2)c1. The molecule has 1 saturated heterocycles. The monoisotopic (exact) mass is 482 g/mol. The third-order valence-corrected chi connectivity index (χ3v) is 6.95. The molecule has 3 aromatic carbocycles. The third-order valence-electron chi connectivity index (χ3n) is 6.95. The summed E-state index contributed by atoms with van der Waals surface area (Å²) in [6.07, 6.45) is 0. The maximum atomic E-state index is 13.3. The second kappa shape index (κ2) is 9.85. The number of piperazine rings is 1. The molecule has 1 aliphatic rings. The second-order valence-corrected chi connectivity index (χ2v) is 9.41. The Morgan fingerprint density at radius 1 is 0.750 bits per heavy atom. The first kappa shape index (κ1) is 23.6. The molecule has 1 aromatic heterocycles. The molecule has 0 aliphatic carbocycles. The van der Waals surface area contributed by atoms with Crippen LogP contribution in [0.5, 0.6) is 0 Å². The molecule has 5 rings (SSSR count). The molecular weight excluding hydrogens is 452 g/mol. The molecule has 0 atom stereocenters. The number of fused-ring (bicyclic) bond motifs is 1. The van der Waals surface area contributed by atoms with Gasteiger partial charge in [0.2, 0.25) is 5.91 Å². The van der Waals surface area contributed by atoms with Crippen molar-refractivity contribution in [1.82, 2.24) is 14.0 Å². The zero-order chi connectivity index (χ0) is 25.2. The predicted molar refractivity (Wildman–Crippen MR) is 143 cm³/mol. The van der Waals surface area contributed by atoms with E-state index < -0.39 is 11.1 Å². The zero-order valence-corrected chi connectivity index (χ0v) is 20.7. The van der Waals surface area contributed by atoms with Gasteiger partial charge in [0.25, 0.3) is 0 Å². The van der Waals surface area contributed by atoms with E-state index in [1.807, 2.05) is 48.5 Å². The summed E-state index contributed by atoms with van der Waals surface area (Å²) in [5.41, 5.74) is 4.49. The Balaban J connectivity index is 1.38. The van der Waals surface area contributed by atoms with E-state index in [0.717, 1.165) is 18.7 Å². The number of anilines is 1. The first-order valence-corrected chi connectivity index (χ1v) is 12.3. The van der Waals surface area contributed by atoms with Crippen LogP contribution in [0.3, 0.4) is 0 Å². The molecule has 0 N–H and O–H groups in total. The number of nitrogens with zero attached hydrogens (tertiary/aromatic N) is 4. The van der Waals surface area contributed by atoms with Crippen LogP contribution in [-0.4, -0.2) is 46.1 Å². The normalized spacial score (nSPS) is 13.8. The highest BCUT2D eigenvalue weighted by Gasteiger charge is 2.24. The minimum absolute atomic E-state index is 0.149. The highest BCUT2D eigenvalue weighted by molar-refractivity contribution is 5.80. The number of hydrogen-bond donors (Lipinski definition) is 0. The molecule has 0 saturated carbocycles. The van der Waals surface area contributed by atoms with Crippen LogP contribution in [0, 0.1) is 13.8 Å². The van der Waals surface area contributed by atoms with Gasteiger partial charge >= 0.3 is 11.1 Å². The van der Waals surface area contributed by atoms with E-state index in [4.69, 9.17) is 0 Å². The Hall–Kier alpha value is -4.13. The molecule has 1 fully saturated rings. The predicted octanol–water partition coefficient (Wildman–Crippen LogP) is 3.18. The molecule has 1 aliphatic heterocycles. The molecule has 0 unspecified atom stereocenters. The summed E-state index contributed by atoms with van der Waals surface area (Å²) in [4.78, 5) is 43.6. The first-order valence-electron chi connectivity index (χ1n) is 12.3. The lowest BCUT2D eigenvalue weighted by molar-refractivity contribution is -0.132. The van der Waals surface area contributed by atoms with Gasteiger partial charge in [-0.1, -0.05) is 54.6 Å². The summed E-state index contributed by atoms with van der Waals surface area (Å²) in [5.74, 6) is -0.150. The van der Waals surface area contributed by atoms with E-state index in [1.165, 1.54) is 25.9 Å². The number of hydrogen-bond acceptors (Lipinski definition) is 4. The van der Waals surface area contributed by atoms with Gasteiger partial charge in [-0.25, -0.2) is 0 Å². The van der Waals surface area contributed by atoms with Gasteiger partial charge in [-0.05, 0) is 48.7 Å². The number of carbonyl (C=O) groups is 1. The van der Waals surface area contributed by atoms with Crippen LogP contribution in [0.4, 0.5) is 5.69 Å². The van der Waals surface area contributed by atoms with Gasteiger partial charge in [0.1, 0.15) is 6.54 Å². The Labute approximate surface area is 209 Å². The lowest BCUT2D eigenvalue weighted by Crippen LogP contribution is -2.51. The Morgan fingerprint density at radius 2 is 1.36 bits per heavy atom. The number of aryl methyl sites for hydroxylation is 2. The quantitative estimate of drug-likeness (QED) is 0.410. The van der Waals surface area contributed by atoms with Gasteiger partial charge < -0.3 is 9.80 Å². The fourth-order valence-corrected chi connectivity index (χ4v) is 4.94. The number of aromatic nitrogens is 2. The van der Waals surface area contributed by atoms with E-state index in [2.05, 4.69) is 36.9 Å². The van der Waals surface area contributed by atoms with Crippen molar-refractivity contribution in [3.63, 3.8) is 0 Å². The van der Waals surface area contributed by atoms with Gasteiger partial charge in [-0.2, -0.15) is 0 Å². The summed E-state index contributed by atoms with van der Waals surface area (Å²) in [7, 11) is 0. The van der Waals surface area contributed by atoms with Gasteiger partial charge in [0.15, 0.2) is 0 Å². The van der Waals surface area contributed by atoms with E-state index in [0.29, 0.717) is 30.7 Å². The van der Waals surface area contributed by atoms with E-state index >= 15 is 0 Å². The van der Waals surface area contributed by atoms with Crippen molar-refractivity contribution in [2.24, 2.45) is 0 Å². The molecule has 184 valence electrons. The minimum atomic E-state index is -0.674. The maximum Gasteiger partial charge on any atom is 0.317 e. The molecule has 4 aromatic rings. The van der Waals surface area contributed by atoms with Crippen molar-refractivity contribution < 1.29 is 4.79 Å². The summed E-state index contributed by atoms with van der Waals surface area (Å²) < 4.78 is 2.83. The highest BCUT2D eigenvalue weighted by atomic mass is 16.2. The smallest absolute Gasteiger partial charge is 0.317 e. The summed E-state index contributed by atoms with van der Waals surface area (Å²) in [5, 5.41) is 0. The van der Waals surface area contributed by atoms with Crippen LogP contribution >= 0.6 is 0 Å². The molecule has 0 radical (unpaired) electrons. The largest absolute Gasteiger partial charge is 0.368 e. The fourth-order valence-electron chi connectivity index (χ4n) is 4.94. The lowest BCUT2D eigenvalue weighted by Gasteiger charge is -2.37. The van der Waals surface area contributed by atoms with Crippen LogP contribution in [0.15, 0.2) is 82.4 Å². The van der Waals surface area contributed by atoms with E-state index in [9.17, 15) is 14.4 Å². The van der Waals surface area contributed by atoms with Crippen molar-refractivity contribution >= 4 is 22.6 Å². The van der Waals surface area contributed by atoms with E-state index in [-0.39, 0.29) is 12.5 Å². The molecule has 0 bridgehead atoms. The minimum Gasteiger partial charge on any atom is -0.368 e. The maximum absolute atomic E-state index is 13.3. The Kier molecular flexibility index (Phi) is 6.46. The first-order chi connectivity index (χ1) is 17.4. The number of carbonyl (C=O) groups excluding carboxylic acids is 1. The average molecular weight is 483 g/mol. The third kappa shape index (κ3) is 4.56. The molecule has 7 nitrogen and oxygen atoms in total. The van der Waals surface area contributed by atoms with Crippen molar-refractivity contribution in [2.45, 2.75) is 26.9 Å². The van der Waals surface area contributed by atoms with Crippen molar-refractivity contribution in [3.05, 3.63) is 110 Å². The molecule has 0 spiro atoms. The van der Waals surface area contributed by atoms with Crippen LogP contribution in [0.1, 0.15) is 16.7 Å². The van der Waals surface area contributed by atoms with Crippen molar-refractivity contribution in [2.75, 3.05) is 31.1 Å². The standard InChI is InChI=1S/C29H30N4O3/c1-21-12-13-22(2)26(18-21)30-14-16-31(17-15-30)27(34)20-33-25-11-7-6-10-24(25)32(28(35)29(33)36)19-23-8-4-3-5-9-23/h3-13,18H,14-17,19-20H2,1-2H3. The number of amides is 1. The van der Waals surface area contributed by atoms with Crippen molar-refractivity contribution in [1.29, 1.82) is 0 Å². The van der Waals surface area contributed by atoms with Gasteiger partial charge in [-0.3, -0.25) is 23.5 Å². The lowest BCUT2D eigenvalue weighted by atomic mass is 10.1. The molecule has 2 heterocycles. The van der Waals surface area contributed by atoms with Crippen LogP contribution in [-0.2, 0) is 17.9 Å². The summed E-state index contributed by atoms with van der Waals surface area (Å²) >= 11 is 0. The highest BCUT2D eigenvalue weighted by Crippen LogP contribution is 2.23.